The highest BCUT2D eigenvalue weighted by atomic mass is 16.2. The molecule has 168 valence electrons. The average Bonchev–Trinajstić information content (AvgIpc) is 2.97. The van der Waals surface area contributed by atoms with Crippen molar-refractivity contribution in [1.29, 1.82) is 0 Å². The fourth-order valence-electron chi connectivity index (χ4n) is 4.21. The number of aryl methyl sites for hydroxylation is 3. The molecule has 4 N–H and O–H groups in total. The van der Waals surface area contributed by atoms with Gasteiger partial charge in [0.25, 0.3) is 11.8 Å². The number of quaternary nitrogens is 2. The number of benzene rings is 1. The SMILES string of the molecule is Cc1cccc(NC(=O)C[NH+]2CC[NH+]([C@@H](C)C(=O)Nc3c(C)nn(C)c3C)CC2)c1C. The standard InChI is InChI=1S/C23H34N6O2/c1-15-8-7-9-20(16(15)2)24-21(30)14-28-10-12-29(13-11-28)19(5)23(31)25-22-17(3)26-27(6)18(22)4/h7-9,19H,10-14H2,1-6H3,(H,24,30)(H,25,31)/p+2/t19-/m0/s1. The summed E-state index contributed by atoms with van der Waals surface area (Å²) in [5.41, 5.74) is 5.77. The molecule has 0 bridgehead atoms. The number of piperazine rings is 1. The second kappa shape index (κ2) is 9.62. The second-order valence-electron chi connectivity index (χ2n) is 8.76. The monoisotopic (exact) mass is 428 g/mol. The molecular weight excluding hydrogens is 392 g/mol. The number of nitrogens with one attached hydrogen (secondary N) is 4. The van der Waals surface area contributed by atoms with Gasteiger partial charge in [-0.1, -0.05) is 12.1 Å². The van der Waals surface area contributed by atoms with Crippen molar-refractivity contribution in [2.45, 2.75) is 40.7 Å². The summed E-state index contributed by atoms with van der Waals surface area (Å²) < 4.78 is 1.79. The van der Waals surface area contributed by atoms with E-state index >= 15 is 0 Å². The van der Waals surface area contributed by atoms with Gasteiger partial charge in [-0.2, -0.15) is 5.10 Å². The van der Waals surface area contributed by atoms with E-state index in [1.54, 1.807) is 4.68 Å². The fourth-order valence-corrected chi connectivity index (χ4v) is 4.21. The Kier molecular flexibility index (Phi) is 7.12. The van der Waals surface area contributed by atoms with Crippen LogP contribution in [0.15, 0.2) is 18.2 Å². The molecule has 1 saturated heterocycles. The van der Waals surface area contributed by atoms with Gasteiger partial charge in [0.1, 0.15) is 26.2 Å². The quantitative estimate of drug-likeness (QED) is 0.496. The predicted molar refractivity (Wildman–Crippen MR) is 122 cm³/mol. The molecule has 2 heterocycles. The third-order valence-corrected chi connectivity index (χ3v) is 6.65. The van der Waals surface area contributed by atoms with Crippen LogP contribution in [0.5, 0.6) is 0 Å². The van der Waals surface area contributed by atoms with Gasteiger partial charge in [-0.05, 0) is 51.8 Å². The van der Waals surface area contributed by atoms with E-state index in [4.69, 9.17) is 0 Å². The maximum atomic E-state index is 12.8. The highest BCUT2D eigenvalue weighted by molar-refractivity contribution is 5.94. The number of anilines is 2. The Hall–Kier alpha value is -2.71. The molecule has 3 rings (SSSR count). The Balaban J connectivity index is 1.49. The lowest BCUT2D eigenvalue weighted by molar-refractivity contribution is -1.01. The Morgan fingerprint density at radius 3 is 2.39 bits per heavy atom. The number of hydrogen-bond donors (Lipinski definition) is 4. The minimum atomic E-state index is -0.149. The molecule has 8 nitrogen and oxygen atoms in total. The van der Waals surface area contributed by atoms with Crippen LogP contribution in [0, 0.1) is 27.7 Å². The van der Waals surface area contributed by atoms with E-state index in [0.717, 1.165) is 54.5 Å². The highest BCUT2D eigenvalue weighted by Crippen LogP contribution is 2.18. The number of carbonyl (C=O) groups excluding carboxylic acids is 2. The molecule has 2 amide bonds. The van der Waals surface area contributed by atoms with Crippen LogP contribution in [0.25, 0.3) is 0 Å². The van der Waals surface area contributed by atoms with Crippen molar-refractivity contribution in [3.63, 3.8) is 0 Å². The van der Waals surface area contributed by atoms with Crippen LogP contribution in [0.1, 0.15) is 29.4 Å². The summed E-state index contributed by atoms with van der Waals surface area (Å²) in [6, 6.07) is 5.81. The molecule has 0 aliphatic carbocycles. The molecule has 1 aromatic heterocycles. The number of nitrogens with zero attached hydrogens (tertiary/aromatic N) is 2. The highest BCUT2D eigenvalue weighted by Gasteiger charge is 2.32. The molecule has 0 saturated carbocycles. The van der Waals surface area contributed by atoms with Crippen LogP contribution in [0.3, 0.4) is 0 Å². The summed E-state index contributed by atoms with van der Waals surface area (Å²) in [4.78, 5) is 27.9. The predicted octanol–water partition coefficient (Wildman–Crippen LogP) is -0.597. The Labute approximate surface area is 184 Å². The molecule has 1 fully saturated rings. The van der Waals surface area contributed by atoms with Crippen molar-refractivity contribution in [1.82, 2.24) is 9.78 Å². The van der Waals surface area contributed by atoms with E-state index in [1.165, 1.54) is 15.4 Å². The summed E-state index contributed by atoms with van der Waals surface area (Å²) in [5, 5.41) is 10.5. The van der Waals surface area contributed by atoms with Gasteiger partial charge in [0.15, 0.2) is 12.6 Å². The van der Waals surface area contributed by atoms with E-state index in [9.17, 15) is 9.59 Å². The van der Waals surface area contributed by atoms with Crippen molar-refractivity contribution < 1.29 is 19.4 Å². The summed E-state index contributed by atoms with van der Waals surface area (Å²) in [6.07, 6.45) is 0. The third kappa shape index (κ3) is 5.32. The lowest BCUT2D eigenvalue weighted by Gasteiger charge is -2.32. The number of amides is 2. The third-order valence-electron chi connectivity index (χ3n) is 6.65. The van der Waals surface area contributed by atoms with E-state index in [2.05, 4.69) is 15.7 Å². The van der Waals surface area contributed by atoms with E-state index in [1.807, 2.05) is 59.9 Å². The number of aromatic nitrogens is 2. The molecule has 2 aromatic rings. The first-order chi connectivity index (χ1) is 14.7. The molecule has 0 unspecified atom stereocenters. The summed E-state index contributed by atoms with van der Waals surface area (Å²) in [7, 11) is 1.88. The van der Waals surface area contributed by atoms with Gasteiger partial charge in [-0.25, -0.2) is 0 Å². The van der Waals surface area contributed by atoms with Crippen LogP contribution < -0.4 is 20.4 Å². The number of carbonyl (C=O) groups is 2. The smallest absolute Gasteiger partial charge is 0.282 e. The first kappa shape index (κ1) is 23.0. The van der Waals surface area contributed by atoms with Gasteiger partial charge in [0.05, 0.1) is 17.1 Å². The Morgan fingerprint density at radius 2 is 1.77 bits per heavy atom. The van der Waals surface area contributed by atoms with Crippen molar-refractivity contribution in [3.05, 3.63) is 40.7 Å². The first-order valence-corrected chi connectivity index (χ1v) is 11.0. The molecule has 31 heavy (non-hydrogen) atoms. The lowest BCUT2D eigenvalue weighted by atomic mass is 10.1. The first-order valence-electron chi connectivity index (χ1n) is 11.0. The van der Waals surface area contributed by atoms with E-state index in [0.29, 0.717) is 6.54 Å². The van der Waals surface area contributed by atoms with Gasteiger partial charge >= 0.3 is 0 Å². The normalized spacial score (nSPS) is 19.7. The molecule has 1 aliphatic heterocycles. The maximum absolute atomic E-state index is 12.8. The minimum Gasteiger partial charge on any atom is -0.321 e. The van der Waals surface area contributed by atoms with Gasteiger partial charge in [0, 0.05) is 12.7 Å². The lowest BCUT2D eigenvalue weighted by Crippen LogP contribution is -3.30. The van der Waals surface area contributed by atoms with Crippen LogP contribution >= 0.6 is 0 Å². The molecular formula is C23H36N6O2+2. The van der Waals surface area contributed by atoms with Crippen LogP contribution in [0.4, 0.5) is 11.4 Å². The van der Waals surface area contributed by atoms with Gasteiger partial charge < -0.3 is 20.4 Å². The zero-order valence-corrected chi connectivity index (χ0v) is 19.6. The van der Waals surface area contributed by atoms with Crippen LogP contribution in [-0.4, -0.2) is 60.4 Å². The van der Waals surface area contributed by atoms with E-state index < -0.39 is 0 Å². The molecule has 8 heteroatoms. The van der Waals surface area contributed by atoms with Gasteiger partial charge in [-0.15, -0.1) is 0 Å². The Bertz CT molecular complexity index is 959. The van der Waals surface area contributed by atoms with Crippen molar-refractivity contribution in [2.75, 3.05) is 43.4 Å². The average molecular weight is 429 g/mol. The fraction of sp³-hybridized carbons (Fsp3) is 0.522. The number of hydrogen-bond acceptors (Lipinski definition) is 3. The zero-order chi connectivity index (χ0) is 22.7. The number of rotatable bonds is 6. The summed E-state index contributed by atoms with van der Waals surface area (Å²) in [5.74, 6) is 0.0609. The van der Waals surface area contributed by atoms with Crippen LogP contribution in [-0.2, 0) is 16.6 Å². The Morgan fingerprint density at radius 1 is 1.10 bits per heavy atom. The van der Waals surface area contributed by atoms with Gasteiger partial charge in [0.2, 0.25) is 0 Å². The molecule has 1 aliphatic rings. The minimum absolute atomic E-state index is 0.0188. The van der Waals surface area contributed by atoms with Crippen LogP contribution in [0.2, 0.25) is 0 Å². The van der Waals surface area contributed by atoms with E-state index in [-0.39, 0.29) is 17.9 Å². The topological polar surface area (TPSA) is 84.9 Å². The summed E-state index contributed by atoms with van der Waals surface area (Å²) in [6.45, 7) is 13.9. The largest absolute Gasteiger partial charge is 0.321 e. The van der Waals surface area contributed by atoms with Crippen molar-refractivity contribution in [3.8, 4) is 0 Å². The van der Waals surface area contributed by atoms with Crippen molar-refractivity contribution >= 4 is 23.2 Å². The molecule has 0 radical (unpaired) electrons. The molecule has 1 aromatic carbocycles. The molecule has 1 atom stereocenters. The molecule has 0 spiro atoms. The summed E-state index contributed by atoms with van der Waals surface area (Å²) >= 11 is 0. The zero-order valence-electron chi connectivity index (χ0n) is 19.6. The second-order valence-corrected chi connectivity index (χ2v) is 8.76. The maximum Gasteiger partial charge on any atom is 0.282 e. The van der Waals surface area contributed by atoms with Gasteiger partial charge in [-0.3, -0.25) is 14.3 Å². The van der Waals surface area contributed by atoms with Crippen molar-refractivity contribution in [2.24, 2.45) is 7.05 Å².